The van der Waals surface area contributed by atoms with Gasteiger partial charge in [-0.15, -0.1) is 0 Å². The third-order valence-corrected chi connectivity index (χ3v) is 4.09. The lowest BCUT2D eigenvalue weighted by molar-refractivity contribution is -0.385. The number of rotatable bonds is 7. The number of halogens is 1. The number of nitro benzene ring substituents is 1. The molecule has 27 heavy (non-hydrogen) atoms. The minimum absolute atomic E-state index is 0.0904. The number of para-hydroxylation sites is 1. The molecule has 8 nitrogen and oxygen atoms in total. The number of anilines is 1. The summed E-state index contributed by atoms with van der Waals surface area (Å²) in [7, 11) is 1.46. The number of likely N-dealkylation sites (N-methyl/N-ethyl adjacent to an activating group) is 1. The molecule has 0 aliphatic heterocycles. The average Bonchev–Trinajstić information content (AvgIpc) is 2.62. The zero-order valence-corrected chi connectivity index (χ0v) is 15.5. The Balaban J connectivity index is 1.91. The van der Waals surface area contributed by atoms with Crippen LogP contribution in [0.5, 0.6) is 5.75 Å². The van der Waals surface area contributed by atoms with Crippen molar-refractivity contribution in [1.29, 1.82) is 0 Å². The monoisotopic (exact) mass is 391 g/mol. The van der Waals surface area contributed by atoms with Gasteiger partial charge in [0.25, 0.3) is 11.6 Å². The van der Waals surface area contributed by atoms with Gasteiger partial charge in [0.1, 0.15) is 5.75 Å². The second-order valence-corrected chi connectivity index (χ2v) is 6.13. The zero-order valence-electron chi connectivity index (χ0n) is 14.8. The molecular formula is C18H18ClN3O5. The highest BCUT2D eigenvalue weighted by atomic mass is 35.5. The number of nitro groups is 1. The van der Waals surface area contributed by atoms with E-state index in [1.165, 1.54) is 24.1 Å². The number of hydrogen-bond donors (Lipinski definition) is 1. The summed E-state index contributed by atoms with van der Waals surface area (Å²) < 4.78 is 5.38. The van der Waals surface area contributed by atoms with Gasteiger partial charge in [-0.05, 0) is 25.1 Å². The van der Waals surface area contributed by atoms with Crippen molar-refractivity contribution in [3.63, 3.8) is 0 Å². The Morgan fingerprint density at radius 2 is 1.93 bits per heavy atom. The second-order valence-electron chi connectivity index (χ2n) is 5.72. The Morgan fingerprint density at radius 1 is 1.22 bits per heavy atom. The first-order valence-electron chi connectivity index (χ1n) is 7.94. The number of nitrogens with zero attached hydrogens (tertiary/aromatic N) is 2. The van der Waals surface area contributed by atoms with E-state index in [1.54, 1.807) is 37.3 Å². The van der Waals surface area contributed by atoms with Crippen molar-refractivity contribution in [2.24, 2.45) is 0 Å². The number of benzene rings is 2. The molecule has 2 amide bonds. The summed E-state index contributed by atoms with van der Waals surface area (Å²) in [4.78, 5) is 35.8. The van der Waals surface area contributed by atoms with Crippen LogP contribution in [0, 0.1) is 17.0 Å². The third kappa shape index (κ3) is 5.42. The van der Waals surface area contributed by atoms with E-state index < -0.39 is 16.7 Å². The first-order chi connectivity index (χ1) is 12.8. The number of nitrogens with one attached hydrogen (secondary N) is 1. The topological polar surface area (TPSA) is 102 Å². The average molecular weight is 392 g/mol. The molecule has 142 valence electrons. The van der Waals surface area contributed by atoms with Crippen molar-refractivity contribution in [3.8, 4) is 5.75 Å². The highest BCUT2D eigenvalue weighted by Gasteiger charge is 2.17. The standard InChI is InChI=1S/C18H18ClN3O5/c1-12-15(22(25)26)8-5-9-16(12)27-11-18(24)21(2)10-17(23)20-14-7-4-3-6-13(14)19/h3-9H,10-11H2,1-2H3,(H,20,23). The molecule has 1 N–H and O–H groups in total. The van der Waals surface area contributed by atoms with Gasteiger partial charge in [-0.25, -0.2) is 0 Å². The van der Waals surface area contributed by atoms with Crippen LogP contribution in [0.2, 0.25) is 5.02 Å². The predicted octanol–water partition coefficient (Wildman–Crippen LogP) is 3.03. The summed E-state index contributed by atoms with van der Waals surface area (Å²) in [5, 5.41) is 13.9. The molecule has 0 saturated heterocycles. The van der Waals surface area contributed by atoms with Crippen LogP contribution in [0.25, 0.3) is 0 Å². The molecule has 0 fully saturated rings. The van der Waals surface area contributed by atoms with E-state index in [1.807, 2.05) is 0 Å². The maximum Gasteiger partial charge on any atom is 0.276 e. The largest absolute Gasteiger partial charge is 0.483 e. The number of hydrogen-bond acceptors (Lipinski definition) is 5. The lowest BCUT2D eigenvalue weighted by atomic mass is 10.2. The molecule has 0 saturated carbocycles. The van der Waals surface area contributed by atoms with Gasteiger partial charge in [0.05, 0.1) is 27.7 Å². The van der Waals surface area contributed by atoms with Crippen molar-refractivity contribution < 1.29 is 19.2 Å². The van der Waals surface area contributed by atoms with Gasteiger partial charge >= 0.3 is 0 Å². The minimum Gasteiger partial charge on any atom is -0.483 e. The van der Waals surface area contributed by atoms with Crippen LogP contribution in [0.15, 0.2) is 42.5 Å². The molecule has 0 unspecified atom stereocenters. The fraction of sp³-hybridized carbons (Fsp3) is 0.222. The Kier molecular flexibility index (Phi) is 6.73. The first-order valence-corrected chi connectivity index (χ1v) is 8.32. The summed E-state index contributed by atoms with van der Waals surface area (Å²) in [5.41, 5.74) is 0.690. The van der Waals surface area contributed by atoms with Gasteiger partial charge in [-0.3, -0.25) is 19.7 Å². The molecule has 0 bridgehead atoms. The smallest absolute Gasteiger partial charge is 0.276 e. The van der Waals surface area contributed by atoms with Gasteiger partial charge < -0.3 is 15.0 Å². The van der Waals surface area contributed by atoms with Gasteiger partial charge in [-0.1, -0.05) is 29.8 Å². The number of carbonyl (C=O) groups excluding carboxylic acids is 2. The van der Waals surface area contributed by atoms with Crippen molar-refractivity contribution >= 4 is 34.8 Å². The second kappa shape index (κ2) is 9.00. The molecule has 0 aliphatic rings. The van der Waals surface area contributed by atoms with Crippen molar-refractivity contribution in [2.75, 3.05) is 25.5 Å². The quantitative estimate of drug-likeness (QED) is 0.577. The van der Waals surface area contributed by atoms with E-state index in [-0.39, 0.29) is 24.6 Å². The van der Waals surface area contributed by atoms with Crippen LogP contribution in [0.3, 0.4) is 0 Å². The Labute approximate surface area is 160 Å². The molecule has 0 radical (unpaired) electrons. The van der Waals surface area contributed by atoms with E-state index in [9.17, 15) is 19.7 Å². The molecule has 2 rings (SSSR count). The lowest BCUT2D eigenvalue weighted by Crippen LogP contribution is -2.37. The van der Waals surface area contributed by atoms with E-state index in [0.29, 0.717) is 16.3 Å². The van der Waals surface area contributed by atoms with E-state index in [4.69, 9.17) is 16.3 Å². The highest BCUT2D eigenvalue weighted by molar-refractivity contribution is 6.33. The van der Waals surface area contributed by atoms with E-state index >= 15 is 0 Å². The lowest BCUT2D eigenvalue weighted by Gasteiger charge is -2.18. The van der Waals surface area contributed by atoms with Gasteiger partial charge in [0, 0.05) is 13.1 Å². The number of ether oxygens (including phenoxy) is 1. The minimum atomic E-state index is -0.519. The molecule has 0 heterocycles. The third-order valence-electron chi connectivity index (χ3n) is 3.76. The molecule has 2 aromatic carbocycles. The fourth-order valence-electron chi connectivity index (χ4n) is 2.26. The Bertz CT molecular complexity index is 872. The van der Waals surface area contributed by atoms with Gasteiger partial charge in [0.15, 0.2) is 6.61 Å². The van der Waals surface area contributed by atoms with Crippen LogP contribution in [-0.4, -0.2) is 41.8 Å². The van der Waals surface area contributed by atoms with Crippen LogP contribution in [-0.2, 0) is 9.59 Å². The van der Waals surface area contributed by atoms with Crippen LogP contribution in [0.1, 0.15) is 5.56 Å². The first kappa shape index (κ1) is 20.2. The van der Waals surface area contributed by atoms with Crippen LogP contribution >= 0.6 is 11.6 Å². The molecule has 0 aromatic heterocycles. The highest BCUT2D eigenvalue weighted by Crippen LogP contribution is 2.27. The van der Waals surface area contributed by atoms with Crippen LogP contribution in [0.4, 0.5) is 11.4 Å². The predicted molar refractivity (Wildman–Crippen MR) is 101 cm³/mol. The molecule has 0 aliphatic carbocycles. The summed E-state index contributed by atoms with van der Waals surface area (Å²) in [6, 6.07) is 11.1. The Hall–Kier alpha value is -3.13. The summed E-state index contributed by atoms with van der Waals surface area (Å²) in [6.45, 7) is 0.998. The van der Waals surface area contributed by atoms with Crippen molar-refractivity contribution in [1.82, 2.24) is 4.90 Å². The molecule has 0 spiro atoms. The summed E-state index contributed by atoms with van der Waals surface area (Å²) in [5.74, 6) is -0.618. The number of carbonyl (C=O) groups is 2. The SMILES string of the molecule is Cc1c(OCC(=O)N(C)CC(=O)Nc2ccccc2Cl)cccc1[N+](=O)[O-]. The maximum absolute atomic E-state index is 12.2. The zero-order chi connectivity index (χ0) is 20.0. The Morgan fingerprint density at radius 3 is 2.59 bits per heavy atom. The van der Waals surface area contributed by atoms with Gasteiger partial charge in [-0.2, -0.15) is 0 Å². The van der Waals surface area contributed by atoms with E-state index in [0.717, 1.165) is 0 Å². The molecule has 2 aromatic rings. The fourth-order valence-corrected chi connectivity index (χ4v) is 2.45. The summed E-state index contributed by atoms with van der Waals surface area (Å²) >= 11 is 5.97. The summed E-state index contributed by atoms with van der Waals surface area (Å²) in [6.07, 6.45) is 0. The number of amides is 2. The van der Waals surface area contributed by atoms with Crippen LogP contribution < -0.4 is 10.1 Å². The molecular weight excluding hydrogens is 374 g/mol. The molecule has 0 atom stereocenters. The molecule has 9 heteroatoms. The van der Waals surface area contributed by atoms with Crippen molar-refractivity contribution in [2.45, 2.75) is 6.92 Å². The normalized spacial score (nSPS) is 10.2. The maximum atomic E-state index is 12.2. The van der Waals surface area contributed by atoms with E-state index in [2.05, 4.69) is 5.32 Å². The van der Waals surface area contributed by atoms with Crippen molar-refractivity contribution in [3.05, 3.63) is 63.2 Å². The van der Waals surface area contributed by atoms with Gasteiger partial charge in [0.2, 0.25) is 5.91 Å².